The molecule has 0 amide bonds. The third-order valence-corrected chi connectivity index (χ3v) is 3.03. The van der Waals surface area contributed by atoms with Crippen molar-refractivity contribution in [3.8, 4) is 6.07 Å². The van der Waals surface area contributed by atoms with E-state index in [9.17, 15) is 12.8 Å². The second-order valence-corrected chi connectivity index (χ2v) is 5.00. The van der Waals surface area contributed by atoms with E-state index in [4.69, 9.17) is 5.26 Å². The molecule has 1 aromatic rings. The molecular weight excluding hydrogens is 231 g/mol. The van der Waals surface area contributed by atoms with E-state index < -0.39 is 15.8 Å². The molecule has 1 N–H and O–H groups in total. The summed E-state index contributed by atoms with van der Waals surface area (Å²) < 4.78 is 37.2. The monoisotopic (exact) mass is 242 g/mol. The number of nitrogens with zero attached hydrogens (tertiary/aromatic N) is 1. The van der Waals surface area contributed by atoms with Gasteiger partial charge in [0.15, 0.2) is 5.75 Å². The number of halogens is 1. The van der Waals surface area contributed by atoms with Gasteiger partial charge in [-0.05, 0) is 24.1 Å². The SMILES string of the molecule is N#CCS(=O)(=O)NCCc1cccc(F)c1. The molecule has 0 unspecified atom stereocenters. The number of benzene rings is 1. The molecule has 1 rings (SSSR count). The molecular formula is C10H11FN2O2S. The van der Waals surface area contributed by atoms with E-state index in [0.29, 0.717) is 12.0 Å². The molecule has 0 aromatic heterocycles. The molecule has 0 atom stereocenters. The Morgan fingerprint density at radius 2 is 2.19 bits per heavy atom. The molecule has 4 nitrogen and oxygen atoms in total. The number of hydrogen-bond donors (Lipinski definition) is 1. The zero-order valence-corrected chi connectivity index (χ0v) is 9.30. The third kappa shape index (κ3) is 4.38. The molecule has 0 fully saturated rings. The van der Waals surface area contributed by atoms with Gasteiger partial charge in [0.25, 0.3) is 0 Å². The number of sulfonamides is 1. The zero-order valence-electron chi connectivity index (χ0n) is 8.48. The summed E-state index contributed by atoms with van der Waals surface area (Å²) in [5.74, 6) is -0.909. The predicted molar refractivity (Wildman–Crippen MR) is 57.5 cm³/mol. The number of hydrogen-bond acceptors (Lipinski definition) is 3. The molecule has 0 saturated heterocycles. The van der Waals surface area contributed by atoms with Crippen molar-refractivity contribution in [2.24, 2.45) is 0 Å². The van der Waals surface area contributed by atoms with Gasteiger partial charge < -0.3 is 0 Å². The van der Waals surface area contributed by atoms with Gasteiger partial charge in [-0.1, -0.05) is 12.1 Å². The van der Waals surface area contributed by atoms with Gasteiger partial charge in [0.2, 0.25) is 10.0 Å². The second kappa shape index (κ2) is 5.58. The molecule has 6 heteroatoms. The Labute approximate surface area is 93.8 Å². The van der Waals surface area contributed by atoms with E-state index in [1.165, 1.54) is 12.1 Å². The normalized spacial score (nSPS) is 11.0. The Morgan fingerprint density at radius 1 is 1.44 bits per heavy atom. The van der Waals surface area contributed by atoms with Gasteiger partial charge in [0.05, 0.1) is 6.07 Å². The first-order valence-corrected chi connectivity index (χ1v) is 6.27. The summed E-state index contributed by atoms with van der Waals surface area (Å²) in [4.78, 5) is 0. The molecule has 0 aliphatic carbocycles. The Bertz CT molecular complexity index is 494. The van der Waals surface area contributed by atoms with Crippen LogP contribution in [0.1, 0.15) is 5.56 Å². The number of nitrogens with one attached hydrogen (secondary N) is 1. The highest BCUT2D eigenvalue weighted by atomic mass is 32.2. The molecule has 86 valence electrons. The lowest BCUT2D eigenvalue weighted by molar-refractivity contribution is 0.585. The fraction of sp³-hybridized carbons (Fsp3) is 0.300. The Kier molecular flexibility index (Phi) is 4.40. The van der Waals surface area contributed by atoms with Crippen molar-refractivity contribution < 1.29 is 12.8 Å². The smallest absolute Gasteiger partial charge is 0.214 e. The minimum absolute atomic E-state index is 0.160. The Morgan fingerprint density at radius 3 is 2.81 bits per heavy atom. The minimum atomic E-state index is -3.52. The molecule has 0 radical (unpaired) electrons. The van der Waals surface area contributed by atoms with E-state index in [1.807, 2.05) is 0 Å². The Hall–Kier alpha value is -1.45. The molecule has 0 saturated carbocycles. The van der Waals surface area contributed by atoms with Gasteiger partial charge in [0, 0.05) is 6.54 Å². The van der Waals surface area contributed by atoms with Crippen LogP contribution in [0.25, 0.3) is 0 Å². The van der Waals surface area contributed by atoms with E-state index in [0.717, 1.165) is 0 Å². The molecule has 16 heavy (non-hydrogen) atoms. The van der Waals surface area contributed by atoms with Gasteiger partial charge >= 0.3 is 0 Å². The van der Waals surface area contributed by atoms with Gasteiger partial charge in [0.1, 0.15) is 5.82 Å². The molecule has 0 bridgehead atoms. The summed E-state index contributed by atoms with van der Waals surface area (Å²) in [6.07, 6.45) is 0.391. The van der Waals surface area contributed by atoms with E-state index in [-0.39, 0.29) is 12.4 Å². The predicted octanol–water partition coefficient (Wildman–Crippen LogP) is 0.811. The van der Waals surface area contributed by atoms with Gasteiger partial charge in [-0.25, -0.2) is 17.5 Å². The molecule has 0 heterocycles. The largest absolute Gasteiger partial charge is 0.225 e. The molecule has 0 spiro atoms. The fourth-order valence-electron chi connectivity index (χ4n) is 1.18. The van der Waals surface area contributed by atoms with Crippen LogP contribution in [0.3, 0.4) is 0 Å². The van der Waals surface area contributed by atoms with Crippen molar-refractivity contribution in [1.82, 2.24) is 4.72 Å². The topological polar surface area (TPSA) is 70.0 Å². The summed E-state index contributed by atoms with van der Waals surface area (Å²) in [6, 6.07) is 7.50. The van der Waals surface area contributed by atoms with Crippen LogP contribution in [0.4, 0.5) is 4.39 Å². The van der Waals surface area contributed by atoms with Crippen LogP contribution >= 0.6 is 0 Å². The standard InChI is InChI=1S/C10H11FN2O2S/c11-10-3-1-2-9(8-10)4-6-13-16(14,15)7-5-12/h1-3,8,13H,4,6-7H2. The lowest BCUT2D eigenvalue weighted by Gasteiger charge is -2.03. The molecule has 1 aromatic carbocycles. The van der Waals surface area contributed by atoms with E-state index in [1.54, 1.807) is 18.2 Å². The highest BCUT2D eigenvalue weighted by Crippen LogP contribution is 2.03. The van der Waals surface area contributed by atoms with Crippen molar-refractivity contribution in [2.45, 2.75) is 6.42 Å². The van der Waals surface area contributed by atoms with Gasteiger partial charge in [-0.2, -0.15) is 5.26 Å². The van der Waals surface area contributed by atoms with Crippen LogP contribution in [-0.4, -0.2) is 20.7 Å². The van der Waals surface area contributed by atoms with Crippen LogP contribution in [0.5, 0.6) is 0 Å². The van der Waals surface area contributed by atoms with Gasteiger partial charge in [-0.3, -0.25) is 0 Å². The maximum absolute atomic E-state index is 12.8. The lowest BCUT2D eigenvalue weighted by atomic mass is 10.1. The van der Waals surface area contributed by atoms with Crippen molar-refractivity contribution in [1.29, 1.82) is 5.26 Å². The Balaban J connectivity index is 2.45. The third-order valence-electron chi connectivity index (χ3n) is 1.88. The maximum Gasteiger partial charge on any atom is 0.225 e. The quantitative estimate of drug-likeness (QED) is 0.830. The summed E-state index contributed by atoms with van der Waals surface area (Å²) in [6.45, 7) is 0.160. The first kappa shape index (κ1) is 12.6. The van der Waals surface area contributed by atoms with Gasteiger partial charge in [-0.15, -0.1) is 0 Å². The van der Waals surface area contributed by atoms with Crippen LogP contribution < -0.4 is 4.72 Å². The van der Waals surface area contributed by atoms with Crippen molar-refractivity contribution in [3.63, 3.8) is 0 Å². The van der Waals surface area contributed by atoms with E-state index >= 15 is 0 Å². The number of nitriles is 1. The summed E-state index contributed by atoms with van der Waals surface area (Å²) in [5.41, 5.74) is 0.708. The molecule has 0 aliphatic heterocycles. The van der Waals surface area contributed by atoms with Crippen molar-refractivity contribution in [2.75, 3.05) is 12.3 Å². The number of rotatable bonds is 5. The van der Waals surface area contributed by atoms with Crippen molar-refractivity contribution >= 4 is 10.0 Å². The highest BCUT2D eigenvalue weighted by molar-refractivity contribution is 7.89. The zero-order chi connectivity index (χ0) is 12.0. The highest BCUT2D eigenvalue weighted by Gasteiger charge is 2.07. The first-order valence-electron chi connectivity index (χ1n) is 4.62. The summed E-state index contributed by atoms with van der Waals surface area (Å²) in [7, 11) is -3.52. The molecule has 0 aliphatic rings. The van der Waals surface area contributed by atoms with Crippen LogP contribution in [0.15, 0.2) is 24.3 Å². The van der Waals surface area contributed by atoms with Crippen LogP contribution in [0, 0.1) is 17.1 Å². The lowest BCUT2D eigenvalue weighted by Crippen LogP contribution is -2.27. The van der Waals surface area contributed by atoms with Crippen molar-refractivity contribution in [3.05, 3.63) is 35.6 Å². The van der Waals surface area contributed by atoms with Crippen LogP contribution in [-0.2, 0) is 16.4 Å². The van der Waals surface area contributed by atoms with E-state index in [2.05, 4.69) is 4.72 Å². The average molecular weight is 242 g/mol. The second-order valence-electron chi connectivity index (χ2n) is 3.19. The summed E-state index contributed by atoms with van der Waals surface area (Å²) >= 11 is 0. The minimum Gasteiger partial charge on any atom is -0.214 e. The van der Waals surface area contributed by atoms with Crippen LogP contribution in [0.2, 0.25) is 0 Å². The fourth-order valence-corrected chi connectivity index (χ4v) is 1.86. The first-order chi connectivity index (χ1) is 7.53. The summed E-state index contributed by atoms with van der Waals surface area (Å²) in [5, 5.41) is 8.24. The maximum atomic E-state index is 12.8. The average Bonchev–Trinajstić information content (AvgIpc) is 2.17.